The summed E-state index contributed by atoms with van der Waals surface area (Å²) in [7, 11) is 0. The molecule has 0 radical (unpaired) electrons. The highest BCUT2D eigenvalue weighted by Gasteiger charge is 2.04. The molecule has 106 valence electrons. The molecule has 0 unspecified atom stereocenters. The van der Waals surface area contributed by atoms with Gasteiger partial charge in [0.15, 0.2) is 0 Å². The number of rotatable bonds is 4. The van der Waals surface area contributed by atoms with Crippen LogP contribution in [0.3, 0.4) is 0 Å². The average molecular weight is 280 g/mol. The Balaban J connectivity index is 1.79. The van der Waals surface area contributed by atoms with Gasteiger partial charge in [0.1, 0.15) is 12.4 Å². The molecule has 0 saturated heterocycles. The molecule has 0 aliphatic heterocycles. The van der Waals surface area contributed by atoms with E-state index in [9.17, 15) is 4.79 Å². The van der Waals surface area contributed by atoms with Crippen LogP contribution >= 0.6 is 0 Å². The smallest absolute Gasteiger partial charge is 0.207 e. The van der Waals surface area contributed by atoms with Crippen molar-refractivity contribution >= 4 is 10.9 Å². The van der Waals surface area contributed by atoms with Crippen LogP contribution in [-0.2, 0) is 6.54 Å². The fourth-order valence-electron chi connectivity index (χ4n) is 2.30. The Kier molecular flexibility index (Phi) is 3.69. The first-order chi connectivity index (χ1) is 10.3. The van der Waals surface area contributed by atoms with E-state index in [1.807, 2.05) is 55.5 Å². The van der Waals surface area contributed by atoms with Crippen molar-refractivity contribution in [2.45, 2.75) is 13.5 Å². The number of aromatic nitrogens is 2. The van der Waals surface area contributed by atoms with Gasteiger partial charge in [-0.15, -0.1) is 0 Å². The van der Waals surface area contributed by atoms with E-state index in [2.05, 4.69) is 5.10 Å². The number of ether oxygens (including phenoxy) is 1. The summed E-state index contributed by atoms with van der Waals surface area (Å²) in [6.07, 6.45) is 1.36. The van der Waals surface area contributed by atoms with Crippen molar-refractivity contribution in [3.8, 4) is 5.75 Å². The van der Waals surface area contributed by atoms with Crippen molar-refractivity contribution in [3.05, 3.63) is 70.5 Å². The molecule has 0 aliphatic rings. The summed E-state index contributed by atoms with van der Waals surface area (Å²) in [5, 5.41) is 4.87. The second kappa shape index (κ2) is 5.79. The molecule has 0 fully saturated rings. The van der Waals surface area contributed by atoms with Crippen molar-refractivity contribution in [2.75, 3.05) is 6.61 Å². The maximum atomic E-state index is 11.8. The van der Waals surface area contributed by atoms with Gasteiger partial charge >= 0.3 is 0 Å². The molecule has 21 heavy (non-hydrogen) atoms. The molecule has 1 heterocycles. The lowest BCUT2D eigenvalue weighted by molar-refractivity contribution is 0.291. The second-order valence-corrected chi connectivity index (χ2v) is 4.86. The number of fused-ring (bicyclic) bond motifs is 1. The van der Waals surface area contributed by atoms with Gasteiger partial charge in [-0.2, -0.15) is 5.10 Å². The molecule has 0 saturated carbocycles. The molecular weight excluding hydrogens is 264 g/mol. The maximum absolute atomic E-state index is 11.8. The lowest BCUT2D eigenvalue weighted by Crippen LogP contribution is -2.16. The lowest BCUT2D eigenvalue weighted by atomic mass is 10.2. The molecule has 0 bridgehead atoms. The SMILES string of the molecule is Cc1ccccc1OCCn1ncc(=O)c2ccccc21. The van der Waals surface area contributed by atoms with Gasteiger partial charge in [-0.25, -0.2) is 0 Å². The van der Waals surface area contributed by atoms with Gasteiger partial charge in [0.05, 0.1) is 18.3 Å². The second-order valence-electron chi connectivity index (χ2n) is 4.86. The van der Waals surface area contributed by atoms with Crippen molar-refractivity contribution in [1.82, 2.24) is 9.78 Å². The number of nitrogens with zero attached hydrogens (tertiary/aromatic N) is 2. The molecular formula is C17H16N2O2. The molecule has 4 nitrogen and oxygen atoms in total. The zero-order chi connectivity index (χ0) is 14.7. The zero-order valence-electron chi connectivity index (χ0n) is 11.8. The van der Waals surface area contributed by atoms with E-state index >= 15 is 0 Å². The van der Waals surface area contributed by atoms with Crippen molar-refractivity contribution in [1.29, 1.82) is 0 Å². The minimum absolute atomic E-state index is 0.0540. The summed E-state index contributed by atoms with van der Waals surface area (Å²) in [5.41, 5.74) is 1.88. The van der Waals surface area contributed by atoms with Crippen LogP contribution in [0, 0.1) is 6.92 Å². The molecule has 0 spiro atoms. The van der Waals surface area contributed by atoms with Crippen molar-refractivity contribution in [3.63, 3.8) is 0 Å². The van der Waals surface area contributed by atoms with Crippen LogP contribution in [0.1, 0.15) is 5.56 Å². The Hall–Kier alpha value is -2.62. The quantitative estimate of drug-likeness (QED) is 0.738. The van der Waals surface area contributed by atoms with E-state index < -0.39 is 0 Å². The molecule has 2 aromatic carbocycles. The summed E-state index contributed by atoms with van der Waals surface area (Å²) < 4.78 is 7.58. The molecule has 3 rings (SSSR count). The molecule has 3 aromatic rings. The molecule has 0 atom stereocenters. The number of hydrogen-bond acceptors (Lipinski definition) is 3. The van der Waals surface area contributed by atoms with Gasteiger partial charge in [-0.3, -0.25) is 9.48 Å². The highest BCUT2D eigenvalue weighted by Crippen LogP contribution is 2.16. The number of hydrogen-bond donors (Lipinski definition) is 0. The Bertz CT molecular complexity index is 824. The van der Waals surface area contributed by atoms with Gasteiger partial charge in [0.25, 0.3) is 0 Å². The van der Waals surface area contributed by atoms with Crippen molar-refractivity contribution in [2.24, 2.45) is 0 Å². The van der Waals surface area contributed by atoms with Gasteiger partial charge in [0.2, 0.25) is 5.43 Å². The highest BCUT2D eigenvalue weighted by atomic mass is 16.5. The number of para-hydroxylation sites is 2. The largest absolute Gasteiger partial charge is 0.491 e. The van der Waals surface area contributed by atoms with E-state index in [4.69, 9.17) is 4.74 Å². The van der Waals surface area contributed by atoms with Gasteiger partial charge in [-0.1, -0.05) is 30.3 Å². The fraction of sp³-hybridized carbons (Fsp3) is 0.176. The summed E-state index contributed by atoms with van der Waals surface area (Å²) in [6, 6.07) is 15.4. The molecule has 4 heteroatoms. The standard InChI is InChI=1S/C17H16N2O2/c1-13-6-2-5-9-17(13)21-11-10-19-15-8-4-3-7-14(15)16(20)12-18-19/h2-9,12H,10-11H2,1H3. The Labute approximate surface area is 122 Å². The summed E-state index contributed by atoms with van der Waals surface area (Å²) in [6.45, 7) is 3.11. The Morgan fingerprint density at radius 3 is 2.71 bits per heavy atom. The minimum Gasteiger partial charge on any atom is -0.491 e. The Morgan fingerprint density at radius 1 is 1.10 bits per heavy atom. The molecule has 0 aliphatic carbocycles. The van der Waals surface area contributed by atoms with Crippen LogP contribution in [0.4, 0.5) is 0 Å². The first kappa shape index (κ1) is 13.4. The van der Waals surface area contributed by atoms with Crippen molar-refractivity contribution < 1.29 is 4.74 Å². The average Bonchev–Trinajstić information content (AvgIpc) is 2.52. The third kappa shape index (κ3) is 2.79. The van der Waals surface area contributed by atoms with Crippen LogP contribution in [0.25, 0.3) is 10.9 Å². The fourth-order valence-corrected chi connectivity index (χ4v) is 2.30. The molecule has 0 amide bonds. The van der Waals surface area contributed by atoms with Gasteiger partial charge in [0, 0.05) is 5.39 Å². The van der Waals surface area contributed by atoms with Crippen LogP contribution in [0.5, 0.6) is 5.75 Å². The minimum atomic E-state index is -0.0540. The highest BCUT2D eigenvalue weighted by molar-refractivity contribution is 5.77. The molecule has 0 N–H and O–H groups in total. The Morgan fingerprint density at radius 2 is 1.86 bits per heavy atom. The summed E-state index contributed by atoms with van der Waals surface area (Å²) >= 11 is 0. The lowest BCUT2D eigenvalue weighted by Gasteiger charge is -2.11. The third-order valence-corrected chi connectivity index (χ3v) is 3.42. The first-order valence-corrected chi connectivity index (χ1v) is 6.89. The predicted molar refractivity (Wildman–Crippen MR) is 82.7 cm³/mol. The van der Waals surface area contributed by atoms with Gasteiger partial charge in [-0.05, 0) is 30.7 Å². The maximum Gasteiger partial charge on any atom is 0.207 e. The third-order valence-electron chi connectivity index (χ3n) is 3.42. The number of benzene rings is 2. The van der Waals surface area contributed by atoms with Crippen LogP contribution in [0.15, 0.2) is 59.5 Å². The van der Waals surface area contributed by atoms with E-state index in [0.29, 0.717) is 18.5 Å². The topological polar surface area (TPSA) is 44.1 Å². The van der Waals surface area contributed by atoms with Crippen LogP contribution in [0.2, 0.25) is 0 Å². The van der Waals surface area contributed by atoms with Gasteiger partial charge < -0.3 is 4.74 Å². The van der Waals surface area contributed by atoms with E-state index in [1.54, 1.807) is 4.68 Å². The normalized spacial score (nSPS) is 10.7. The predicted octanol–water partition coefficient (Wildman–Crippen LogP) is 2.78. The van der Waals surface area contributed by atoms with E-state index in [1.165, 1.54) is 6.20 Å². The van der Waals surface area contributed by atoms with Crippen LogP contribution < -0.4 is 10.2 Å². The number of aryl methyl sites for hydroxylation is 1. The monoisotopic (exact) mass is 280 g/mol. The molecule has 1 aromatic heterocycles. The van der Waals surface area contributed by atoms with E-state index in [0.717, 1.165) is 16.8 Å². The van der Waals surface area contributed by atoms with Crippen LogP contribution in [-0.4, -0.2) is 16.4 Å². The zero-order valence-corrected chi connectivity index (χ0v) is 11.8. The summed E-state index contributed by atoms with van der Waals surface area (Å²) in [4.78, 5) is 11.8. The van der Waals surface area contributed by atoms with E-state index in [-0.39, 0.29) is 5.43 Å². The first-order valence-electron chi connectivity index (χ1n) is 6.89. The summed E-state index contributed by atoms with van der Waals surface area (Å²) in [5.74, 6) is 0.878.